The third-order valence-electron chi connectivity index (χ3n) is 4.19. The maximum atomic E-state index is 3.73. The van der Waals surface area contributed by atoms with Crippen molar-refractivity contribution in [1.82, 2.24) is 10.2 Å². The van der Waals surface area contributed by atoms with E-state index in [1.165, 1.54) is 32.4 Å². The summed E-state index contributed by atoms with van der Waals surface area (Å²) < 4.78 is 0. The lowest BCUT2D eigenvalue weighted by atomic mass is 9.89. The van der Waals surface area contributed by atoms with Crippen molar-refractivity contribution in [3.05, 3.63) is 0 Å². The molecule has 1 unspecified atom stereocenters. The summed E-state index contributed by atoms with van der Waals surface area (Å²) in [6.45, 7) is 15.3. The topological polar surface area (TPSA) is 15.3 Å². The molecule has 0 aliphatic carbocycles. The van der Waals surface area contributed by atoms with Crippen molar-refractivity contribution in [1.29, 1.82) is 0 Å². The van der Waals surface area contributed by atoms with E-state index in [-0.39, 0.29) is 0 Å². The fourth-order valence-electron chi connectivity index (χ4n) is 2.92. The minimum Gasteiger partial charge on any atom is -0.309 e. The first-order valence-corrected chi connectivity index (χ1v) is 7.02. The van der Waals surface area contributed by atoms with Gasteiger partial charge in [-0.15, -0.1) is 0 Å². The second-order valence-corrected chi connectivity index (χ2v) is 5.86. The highest BCUT2D eigenvalue weighted by molar-refractivity contribution is 4.94. The molecule has 0 bridgehead atoms. The van der Waals surface area contributed by atoms with E-state index in [9.17, 15) is 0 Å². The van der Waals surface area contributed by atoms with E-state index in [1.54, 1.807) is 0 Å². The van der Waals surface area contributed by atoms with Crippen LogP contribution < -0.4 is 5.32 Å². The van der Waals surface area contributed by atoms with E-state index >= 15 is 0 Å². The molecule has 0 spiro atoms. The first-order chi connectivity index (χ1) is 7.53. The first-order valence-electron chi connectivity index (χ1n) is 7.02. The molecular weight excluding hydrogens is 196 g/mol. The molecule has 1 fully saturated rings. The molecular formula is C14H30N2. The minimum atomic E-state index is 0.378. The molecule has 1 heterocycles. The van der Waals surface area contributed by atoms with E-state index in [0.717, 1.165) is 18.5 Å². The molecule has 1 N–H and O–H groups in total. The van der Waals surface area contributed by atoms with Crippen LogP contribution in [-0.4, -0.2) is 36.1 Å². The van der Waals surface area contributed by atoms with Crippen LogP contribution in [0, 0.1) is 5.92 Å². The summed E-state index contributed by atoms with van der Waals surface area (Å²) in [6.07, 6.45) is 3.81. The molecule has 1 atom stereocenters. The van der Waals surface area contributed by atoms with Gasteiger partial charge in [-0.1, -0.05) is 27.7 Å². The molecule has 16 heavy (non-hydrogen) atoms. The van der Waals surface area contributed by atoms with Crippen LogP contribution >= 0.6 is 0 Å². The lowest BCUT2D eigenvalue weighted by Crippen LogP contribution is -2.61. The van der Waals surface area contributed by atoms with Crippen LogP contribution in [0.15, 0.2) is 0 Å². The predicted molar refractivity (Wildman–Crippen MR) is 71.8 cm³/mol. The van der Waals surface area contributed by atoms with Gasteiger partial charge in [-0.3, -0.25) is 4.90 Å². The van der Waals surface area contributed by atoms with Crippen molar-refractivity contribution in [2.45, 2.75) is 65.5 Å². The van der Waals surface area contributed by atoms with Crippen LogP contribution in [0.1, 0.15) is 53.9 Å². The normalized spacial score (nSPS) is 23.6. The van der Waals surface area contributed by atoms with Gasteiger partial charge in [0, 0.05) is 31.2 Å². The zero-order chi connectivity index (χ0) is 12.2. The molecule has 96 valence electrons. The molecule has 0 aromatic rings. The van der Waals surface area contributed by atoms with E-state index in [0.29, 0.717) is 5.54 Å². The van der Waals surface area contributed by atoms with Gasteiger partial charge in [0.15, 0.2) is 0 Å². The van der Waals surface area contributed by atoms with E-state index in [1.807, 2.05) is 0 Å². The molecule has 0 saturated carbocycles. The summed E-state index contributed by atoms with van der Waals surface area (Å²) in [5.74, 6) is 0.808. The van der Waals surface area contributed by atoms with Gasteiger partial charge >= 0.3 is 0 Å². The molecule has 1 rings (SSSR count). The molecule has 0 aromatic carbocycles. The van der Waals surface area contributed by atoms with Crippen LogP contribution in [0.25, 0.3) is 0 Å². The predicted octanol–water partition coefficient (Wildman–Crippen LogP) is 2.89. The second-order valence-electron chi connectivity index (χ2n) is 5.86. The SMILES string of the molecule is CCC1(CC)CN(C(C)CC(C)C)CCN1. The van der Waals surface area contributed by atoms with E-state index in [4.69, 9.17) is 0 Å². The molecule has 1 saturated heterocycles. The van der Waals surface area contributed by atoms with Gasteiger partial charge in [-0.05, 0) is 32.1 Å². The van der Waals surface area contributed by atoms with Gasteiger partial charge in [0.1, 0.15) is 0 Å². The van der Waals surface area contributed by atoms with Gasteiger partial charge in [0.2, 0.25) is 0 Å². The Morgan fingerprint density at radius 1 is 1.19 bits per heavy atom. The standard InChI is InChI=1S/C14H30N2/c1-6-14(7-2)11-16(9-8-15-14)13(5)10-12(3)4/h12-13,15H,6-11H2,1-5H3. The summed E-state index contributed by atoms with van der Waals surface area (Å²) in [7, 11) is 0. The van der Waals surface area contributed by atoms with Crippen LogP contribution in [0.3, 0.4) is 0 Å². The monoisotopic (exact) mass is 226 g/mol. The Bertz CT molecular complexity index is 197. The van der Waals surface area contributed by atoms with Gasteiger partial charge in [-0.25, -0.2) is 0 Å². The summed E-state index contributed by atoms with van der Waals surface area (Å²) in [4.78, 5) is 2.68. The van der Waals surface area contributed by atoms with E-state index < -0.39 is 0 Å². The molecule has 0 amide bonds. The lowest BCUT2D eigenvalue weighted by molar-refractivity contribution is 0.0835. The van der Waals surface area contributed by atoms with Gasteiger partial charge < -0.3 is 5.32 Å². The van der Waals surface area contributed by atoms with Gasteiger partial charge in [0.05, 0.1) is 0 Å². The Hall–Kier alpha value is -0.0800. The van der Waals surface area contributed by atoms with Crippen LogP contribution in [0.4, 0.5) is 0 Å². The summed E-state index contributed by atoms with van der Waals surface area (Å²) in [5, 5.41) is 3.73. The van der Waals surface area contributed by atoms with Crippen LogP contribution in [0.2, 0.25) is 0 Å². The van der Waals surface area contributed by atoms with Crippen LogP contribution in [0.5, 0.6) is 0 Å². The van der Waals surface area contributed by atoms with Gasteiger partial charge in [-0.2, -0.15) is 0 Å². The third kappa shape index (κ3) is 3.46. The Kier molecular flexibility index (Phi) is 5.26. The highest BCUT2D eigenvalue weighted by Gasteiger charge is 2.33. The summed E-state index contributed by atoms with van der Waals surface area (Å²) >= 11 is 0. The second kappa shape index (κ2) is 6.02. The smallest absolute Gasteiger partial charge is 0.0304 e. The fraction of sp³-hybridized carbons (Fsp3) is 1.00. The zero-order valence-electron chi connectivity index (χ0n) is 11.8. The molecule has 1 aliphatic rings. The quantitative estimate of drug-likeness (QED) is 0.775. The Labute approximate surface area is 102 Å². The average Bonchev–Trinajstić information content (AvgIpc) is 2.28. The zero-order valence-corrected chi connectivity index (χ0v) is 11.8. The number of nitrogens with one attached hydrogen (secondary N) is 1. The summed E-state index contributed by atoms with van der Waals surface area (Å²) in [6, 6.07) is 0.736. The third-order valence-corrected chi connectivity index (χ3v) is 4.19. The van der Waals surface area contributed by atoms with Crippen molar-refractivity contribution in [2.75, 3.05) is 19.6 Å². The van der Waals surface area contributed by atoms with Crippen molar-refractivity contribution in [3.63, 3.8) is 0 Å². The van der Waals surface area contributed by atoms with Crippen molar-refractivity contribution in [2.24, 2.45) is 5.92 Å². The number of nitrogens with zero attached hydrogens (tertiary/aromatic N) is 1. The number of piperazine rings is 1. The lowest BCUT2D eigenvalue weighted by Gasteiger charge is -2.45. The maximum Gasteiger partial charge on any atom is 0.0304 e. The Balaban J connectivity index is 2.55. The summed E-state index contributed by atoms with van der Waals surface area (Å²) in [5.41, 5.74) is 0.378. The largest absolute Gasteiger partial charge is 0.309 e. The Morgan fingerprint density at radius 3 is 2.31 bits per heavy atom. The number of hydrogen-bond donors (Lipinski definition) is 1. The molecule has 0 aromatic heterocycles. The number of rotatable bonds is 5. The molecule has 2 nitrogen and oxygen atoms in total. The number of hydrogen-bond acceptors (Lipinski definition) is 2. The average molecular weight is 226 g/mol. The Morgan fingerprint density at radius 2 is 1.81 bits per heavy atom. The van der Waals surface area contributed by atoms with Crippen molar-refractivity contribution < 1.29 is 0 Å². The highest BCUT2D eigenvalue weighted by atomic mass is 15.2. The molecule has 2 heteroatoms. The fourth-order valence-corrected chi connectivity index (χ4v) is 2.92. The van der Waals surface area contributed by atoms with Crippen LogP contribution in [-0.2, 0) is 0 Å². The van der Waals surface area contributed by atoms with Crippen molar-refractivity contribution >= 4 is 0 Å². The van der Waals surface area contributed by atoms with Gasteiger partial charge in [0.25, 0.3) is 0 Å². The first kappa shape index (κ1) is 14.0. The highest BCUT2D eigenvalue weighted by Crippen LogP contribution is 2.23. The van der Waals surface area contributed by atoms with E-state index in [2.05, 4.69) is 44.8 Å². The molecule has 0 radical (unpaired) electrons. The maximum absolute atomic E-state index is 3.73. The molecule has 1 aliphatic heterocycles. The van der Waals surface area contributed by atoms with Crippen molar-refractivity contribution in [3.8, 4) is 0 Å². The minimum absolute atomic E-state index is 0.378.